The second-order valence-corrected chi connectivity index (χ2v) is 7.03. The zero-order valence-corrected chi connectivity index (χ0v) is 16.7. The predicted octanol–water partition coefficient (Wildman–Crippen LogP) is 2.87. The van der Waals surface area contributed by atoms with Gasteiger partial charge in [-0.25, -0.2) is 0 Å². The summed E-state index contributed by atoms with van der Waals surface area (Å²) >= 11 is 0. The molecule has 0 aromatic heterocycles. The molecule has 0 spiro atoms. The third kappa shape index (κ3) is 6.98. The molecule has 0 radical (unpaired) electrons. The normalized spacial score (nSPS) is 18.8. The van der Waals surface area contributed by atoms with Gasteiger partial charge in [0.1, 0.15) is 0 Å². The smallest absolute Gasteiger partial charge is 0.191 e. The molecular formula is C19H40N4O. The highest BCUT2D eigenvalue weighted by molar-refractivity contribution is 5.79. The maximum Gasteiger partial charge on any atom is 0.191 e. The Bertz CT molecular complexity index is 349. The molecule has 1 unspecified atom stereocenters. The maximum atomic E-state index is 5.60. The fraction of sp³-hybridized carbons (Fsp3) is 0.947. The molecule has 1 aliphatic rings. The number of rotatable bonds is 11. The van der Waals surface area contributed by atoms with Crippen LogP contribution in [-0.2, 0) is 4.74 Å². The average molecular weight is 341 g/mol. The molecule has 0 saturated heterocycles. The van der Waals surface area contributed by atoms with Gasteiger partial charge in [0, 0.05) is 39.4 Å². The number of ether oxygens (including phenoxy) is 1. The lowest BCUT2D eigenvalue weighted by Crippen LogP contribution is -2.48. The van der Waals surface area contributed by atoms with Crippen LogP contribution < -0.4 is 10.6 Å². The molecule has 0 aromatic rings. The molecule has 1 saturated carbocycles. The van der Waals surface area contributed by atoms with Gasteiger partial charge in [-0.1, -0.05) is 26.7 Å². The Balaban J connectivity index is 2.43. The lowest BCUT2D eigenvalue weighted by Gasteiger charge is -2.31. The lowest BCUT2D eigenvalue weighted by atomic mass is 9.83. The van der Waals surface area contributed by atoms with Crippen molar-refractivity contribution in [2.75, 3.05) is 46.4 Å². The van der Waals surface area contributed by atoms with Crippen LogP contribution >= 0.6 is 0 Å². The Labute approximate surface area is 149 Å². The molecule has 1 atom stereocenters. The summed E-state index contributed by atoms with van der Waals surface area (Å²) in [6.45, 7) is 14.6. The second kappa shape index (κ2) is 11.7. The minimum atomic E-state index is 0.386. The van der Waals surface area contributed by atoms with E-state index in [1.165, 1.54) is 25.7 Å². The van der Waals surface area contributed by atoms with Crippen LogP contribution in [0.4, 0.5) is 0 Å². The molecule has 24 heavy (non-hydrogen) atoms. The first kappa shape index (κ1) is 21.2. The van der Waals surface area contributed by atoms with Gasteiger partial charge in [0.15, 0.2) is 5.96 Å². The topological polar surface area (TPSA) is 48.9 Å². The first-order valence-corrected chi connectivity index (χ1v) is 9.87. The Hall–Kier alpha value is -0.810. The zero-order valence-electron chi connectivity index (χ0n) is 16.7. The molecule has 0 aromatic carbocycles. The van der Waals surface area contributed by atoms with Crippen LogP contribution in [0, 0.1) is 5.41 Å². The van der Waals surface area contributed by atoms with Gasteiger partial charge in [0.05, 0.1) is 0 Å². The van der Waals surface area contributed by atoms with Crippen LogP contribution in [0.25, 0.3) is 0 Å². The van der Waals surface area contributed by atoms with E-state index in [-0.39, 0.29) is 0 Å². The quantitative estimate of drug-likeness (QED) is 0.345. The van der Waals surface area contributed by atoms with Crippen LogP contribution in [0.15, 0.2) is 4.99 Å². The fourth-order valence-corrected chi connectivity index (χ4v) is 3.79. The van der Waals surface area contributed by atoms with E-state index in [0.29, 0.717) is 11.5 Å². The fourth-order valence-electron chi connectivity index (χ4n) is 3.79. The van der Waals surface area contributed by atoms with E-state index in [4.69, 9.17) is 4.74 Å². The monoisotopic (exact) mass is 340 g/mol. The molecule has 1 rings (SSSR count). The summed E-state index contributed by atoms with van der Waals surface area (Å²) in [7, 11) is 1.86. The summed E-state index contributed by atoms with van der Waals surface area (Å²) in [6.07, 6.45) is 6.46. The maximum absolute atomic E-state index is 5.60. The number of hydrogen-bond acceptors (Lipinski definition) is 3. The van der Waals surface area contributed by atoms with Gasteiger partial charge in [-0.15, -0.1) is 0 Å². The van der Waals surface area contributed by atoms with E-state index >= 15 is 0 Å². The summed E-state index contributed by atoms with van der Waals surface area (Å²) in [5.74, 6) is 0.927. The summed E-state index contributed by atoms with van der Waals surface area (Å²) in [4.78, 5) is 6.86. The van der Waals surface area contributed by atoms with Gasteiger partial charge < -0.3 is 15.4 Å². The Morgan fingerprint density at radius 1 is 1.17 bits per heavy atom. The third-order valence-electron chi connectivity index (χ3n) is 5.50. The van der Waals surface area contributed by atoms with Gasteiger partial charge in [0.2, 0.25) is 0 Å². The van der Waals surface area contributed by atoms with E-state index in [2.05, 4.69) is 48.2 Å². The van der Waals surface area contributed by atoms with Gasteiger partial charge in [-0.05, 0) is 51.6 Å². The SMILES string of the molecule is CCOCCC1(CNC(=NC)NCC(C)N(CC)CC)CCCC1. The number of likely N-dealkylation sites (N-methyl/N-ethyl adjacent to an activating group) is 1. The first-order valence-electron chi connectivity index (χ1n) is 9.87. The number of guanidine groups is 1. The zero-order chi connectivity index (χ0) is 17.8. The van der Waals surface area contributed by atoms with Crippen molar-refractivity contribution < 1.29 is 4.74 Å². The molecule has 5 nitrogen and oxygen atoms in total. The minimum absolute atomic E-state index is 0.386. The van der Waals surface area contributed by atoms with E-state index in [1.807, 2.05) is 7.05 Å². The van der Waals surface area contributed by atoms with Crippen molar-refractivity contribution in [2.45, 2.75) is 65.8 Å². The number of nitrogens with one attached hydrogen (secondary N) is 2. The third-order valence-corrected chi connectivity index (χ3v) is 5.50. The van der Waals surface area contributed by atoms with Crippen molar-refractivity contribution in [1.82, 2.24) is 15.5 Å². The highest BCUT2D eigenvalue weighted by Gasteiger charge is 2.33. The van der Waals surface area contributed by atoms with E-state index in [0.717, 1.165) is 51.8 Å². The van der Waals surface area contributed by atoms with Crippen LogP contribution in [0.1, 0.15) is 59.8 Å². The Morgan fingerprint density at radius 2 is 1.83 bits per heavy atom. The summed E-state index contributed by atoms with van der Waals surface area (Å²) < 4.78 is 5.60. The Morgan fingerprint density at radius 3 is 2.38 bits per heavy atom. The van der Waals surface area contributed by atoms with Gasteiger partial charge in [0.25, 0.3) is 0 Å². The summed E-state index contributed by atoms with van der Waals surface area (Å²) in [5, 5.41) is 7.07. The molecular weight excluding hydrogens is 300 g/mol. The van der Waals surface area contributed by atoms with Crippen molar-refractivity contribution in [3.8, 4) is 0 Å². The van der Waals surface area contributed by atoms with Crippen LogP contribution in [-0.4, -0.2) is 63.3 Å². The molecule has 0 amide bonds. The molecule has 2 N–H and O–H groups in total. The number of nitrogens with zero attached hydrogens (tertiary/aromatic N) is 2. The molecule has 1 fully saturated rings. The lowest BCUT2D eigenvalue weighted by molar-refractivity contribution is 0.105. The van der Waals surface area contributed by atoms with E-state index < -0.39 is 0 Å². The molecule has 0 heterocycles. The molecule has 1 aliphatic carbocycles. The Kier molecular flexibility index (Phi) is 10.3. The first-order chi connectivity index (χ1) is 11.6. The van der Waals surface area contributed by atoms with Crippen LogP contribution in [0.2, 0.25) is 0 Å². The van der Waals surface area contributed by atoms with Crippen molar-refractivity contribution >= 4 is 5.96 Å². The van der Waals surface area contributed by atoms with Gasteiger partial charge >= 0.3 is 0 Å². The van der Waals surface area contributed by atoms with Crippen LogP contribution in [0.3, 0.4) is 0 Å². The summed E-state index contributed by atoms with van der Waals surface area (Å²) in [5.41, 5.74) is 0.386. The average Bonchev–Trinajstić information content (AvgIpc) is 3.05. The van der Waals surface area contributed by atoms with E-state index in [9.17, 15) is 0 Å². The second-order valence-electron chi connectivity index (χ2n) is 7.03. The standard InChI is InChI=1S/C19H40N4O/c1-6-23(7-2)17(4)15-21-18(20-5)22-16-19(11-9-10-12-19)13-14-24-8-3/h17H,6-16H2,1-5H3,(H2,20,21,22). The van der Waals surface area contributed by atoms with Crippen molar-refractivity contribution in [2.24, 2.45) is 10.4 Å². The van der Waals surface area contributed by atoms with Gasteiger partial charge in [-0.2, -0.15) is 0 Å². The molecule has 5 heteroatoms. The highest BCUT2D eigenvalue weighted by atomic mass is 16.5. The van der Waals surface area contributed by atoms with Crippen molar-refractivity contribution in [3.63, 3.8) is 0 Å². The van der Waals surface area contributed by atoms with Gasteiger partial charge in [-0.3, -0.25) is 9.89 Å². The highest BCUT2D eigenvalue weighted by Crippen LogP contribution is 2.40. The van der Waals surface area contributed by atoms with Crippen molar-refractivity contribution in [3.05, 3.63) is 0 Å². The predicted molar refractivity (Wildman–Crippen MR) is 104 cm³/mol. The molecule has 0 bridgehead atoms. The molecule has 0 aliphatic heterocycles. The van der Waals surface area contributed by atoms with Crippen molar-refractivity contribution in [1.29, 1.82) is 0 Å². The molecule has 142 valence electrons. The van der Waals surface area contributed by atoms with E-state index in [1.54, 1.807) is 0 Å². The van der Waals surface area contributed by atoms with Crippen LogP contribution in [0.5, 0.6) is 0 Å². The number of aliphatic imine (C=N–C) groups is 1. The summed E-state index contributed by atoms with van der Waals surface area (Å²) in [6, 6.07) is 0.511. The number of hydrogen-bond donors (Lipinski definition) is 2. The largest absolute Gasteiger partial charge is 0.382 e. The minimum Gasteiger partial charge on any atom is -0.382 e.